The SMILES string of the molecule is CC(C)(C)C1CCC(OC(C(=O)O)C(OC2CCC(C(C)(C)C)CC2)C(=O)O)CC1. The second kappa shape index (κ2) is 9.99. The first kappa shape index (κ1) is 25.1. The Kier molecular flexibility index (Phi) is 8.36. The molecule has 2 aliphatic rings. The average Bonchev–Trinajstić information content (AvgIpc) is 2.63. The van der Waals surface area contributed by atoms with Gasteiger partial charge in [0, 0.05) is 0 Å². The molecule has 2 atom stereocenters. The number of hydrogen-bond acceptors (Lipinski definition) is 4. The van der Waals surface area contributed by atoms with Gasteiger partial charge >= 0.3 is 11.9 Å². The van der Waals surface area contributed by atoms with Crippen LogP contribution in [0.5, 0.6) is 0 Å². The highest BCUT2D eigenvalue weighted by molar-refractivity contribution is 5.83. The number of ether oxygens (including phenoxy) is 2. The minimum atomic E-state index is -1.47. The first-order chi connectivity index (χ1) is 13.8. The monoisotopic (exact) mass is 426 g/mol. The summed E-state index contributed by atoms with van der Waals surface area (Å²) >= 11 is 0. The summed E-state index contributed by atoms with van der Waals surface area (Å²) in [6, 6.07) is 0. The maximum Gasteiger partial charge on any atom is 0.336 e. The molecule has 2 saturated carbocycles. The third kappa shape index (κ3) is 6.94. The van der Waals surface area contributed by atoms with Gasteiger partial charge in [-0.1, -0.05) is 41.5 Å². The fourth-order valence-electron chi connectivity index (χ4n) is 5.06. The number of hydrogen-bond donors (Lipinski definition) is 2. The summed E-state index contributed by atoms with van der Waals surface area (Å²) < 4.78 is 11.7. The van der Waals surface area contributed by atoms with Crippen molar-refractivity contribution in [3.63, 3.8) is 0 Å². The Labute approximate surface area is 181 Å². The fourth-order valence-corrected chi connectivity index (χ4v) is 5.06. The molecule has 0 bridgehead atoms. The van der Waals surface area contributed by atoms with Gasteiger partial charge in [0.05, 0.1) is 12.2 Å². The average molecular weight is 427 g/mol. The van der Waals surface area contributed by atoms with Gasteiger partial charge in [0.15, 0.2) is 12.2 Å². The van der Waals surface area contributed by atoms with E-state index in [1.807, 2.05) is 0 Å². The van der Waals surface area contributed by atoms with Gasteiger partial charge in [-0.2, -0.15) is 0 Å². The van der Waals surface area contributed by atoms with Gasteiger partial charge in [-0.15, -0.1) is 0 Å². The zero-order chi connectivity index (χ0) is 22.7. The second-order valence-corrected chi connectivity index (χ2v) is 11.5. The van der Waals surface area contributed by atoms with Crippen molar-refractivity contribution in [3.05, 3.63) is 0 Å². The highest BCUT2D eigenvalue weighted by Gasteiger charge is 2.41. The Morgan fingerprint density at radius 1 is 0.633 bits per heavy atom. The van der Waals surface area contributed by atoms with Gasteiger partial charge in [0.25, 0.3) is 0 Å². The number of rotatable bonds is 7. The Hall–Kier alpha value is -1.14. The lowest BCUT2D eigenvalue weighted by molar-refractivity contribution is -0.192. The standard InChI is InChI=1S/C24H42O6/c1-23(2,3)15-7-11-17(12-8-15)29-19(21(25)26)20(22(27)28)30-18-13-9-16(10-14-18)24(4,5)6/h15-20H,7-14H2,1-6H3,(H,25,26)(H,27,28). The van der Waals surface area contributed by atoms with Crippen LogP contribution >= 0.6 is 0 Å². The van der Waals surface area contributed by atoms with E-state index in [-0.39, 0.29) is 23.0 Å². The summed E-state index contributed by atoms with van der Waals surface area (Å²) in [5, 5.41) is 19.4. The molecule has 0 radical (unpaired) electrons. The third-order valence-electron chi connectivity index (χ3n) is 7.24. The van der Waals surface area contributed by atoms with Crippen LogP contribution in [0.4, 0.5) is 0 Å². The minimum absolute atomic E-state index is 0.218. The third-order valence-corrected chi connectivity index (χ3v) is 7.24. The van der Waals surface area contributed by atoms with Crippen molar-refractivity contribution >= 4 is 11.9 Å². The molecule has 0 aromatic rings. The zero-order valence-electron chi connectivity index (χ0n) is 19.6. The van der Waals surface area contributed by atoms with E-state index in [1.165, 1.54) is 0 Å². The van der Waals surface area contributed by atoms with Crippen LogP contribution in [-0.4, -0.2) is 46.6 Å². The van der Waals surface area contributed by atoms with Crippen LogP contribution in [0.15, 0.2) is 0 Å². The van der Waals surface area contributed by atoms with E-state index in [2.05, 4.69) is 41.5 Å². The van der Waals surface area contributed by atoms with E-state index in [1.54, 1.807) is 0 Å². The molecule has 0 heterocycles. The molecule has 174 valence electrons. The molecular weight excluding hydrogens is 384 g/mol. The predicted molar refractivity (Wildman–Crippen MR) is 115 cm³/mol. The summed E-state index contributed by atoms with van der Waals surface area (Å²) in [7, 11) is 0. The van der Waals surface area contributed by atoms with E-state index in [4.69, 9.17) is 9.47 Å². The van der Waals surface area contributed by atoms with Crippen molar-refractivity contribution in [1.29, 1.82) is 0 Å². The van der Waals surface area contributed by atoms with Crippen molar-refractivity contribution < 1.29 is 29.3 Å². The van der Waals surface area contributed by atoms with Crippen LogP contribution in [0.3, 0.4) is 0 Å². The molecule has 0 aromatic carbocycles. The molecule has 2 rings (SSSR count). The molecule has 0 spiro atoms. The van der Waals surface area contributed by atoms with E-state index < -0.39 is 24.1 Å². The van der Waals surface area contributed by atoms with Gasteiger partial charge in [-0.25, -0.2) is 9.59 Å². The van der Waals surface area contributed by atoms with E-state index >= 15 is 0 Å². The highest BCUT2D eigenvalue weighted by atomic mass is 16.6. The molecule has 0 aromatic heterocycles. The number of carboxylic acid groups (broad SMARTS) is 2. The molecule has 0 saturated heterocycles. The largest absolute Gasteiger partial charge is 0.479 e. The van der Waals surface area contributed by atoms with E-state index in [0.717, 1.165) is 51.4 Å². The van der Waals surface area contributed by atoms with Crippen LogP contribution in [0.1, 0.15) is 92.9 Å². The smallest absolute Gasteiger partial charge is 0.336 e. The molecule has 30 heavy (non-hydrogen) atoms. The predicted octanol–water partition coefficient (Wildman–Crippen LogP) is 5.14. The number of aliphatic carboxylic acids is 2. The van der Waals surface area contributed by atoms with Crippen molar-refractivity contribution in [2.24, 2.45) is 22.7 Å². The highest BCUT2D eigenvalue weighted by Crippen LogP contribution is 2.40. The Balaban J connectivity index is 1.96. The molecule has 6 heteroatoms. The summed E-state index contributed by atoms with van der Waals surface area (Å²) in [6.07, 6.45) is 3.50. The van der Waals surface area contributed by atoms with Gasteiger partial charge < -0.3 is 19.7 Å². The first-order valence-corrected chi connectivity index (χ1v) is 11.6. The topological polar surface area (TPSA) is 93.1 Å². The maximum absolute atomic E-state index is 11.9. The second-order valence-electron chi connectivity index (χ2n) is 11.5. The molecule has 0 aliphatic heterocycles. The fraction of sp³-hybridized carbons (Fsp3) is 0.917. The quantitative estimate of drug-likeness (QED) is 0.586. The van der Waals surface area contributed by atoms with Gasteiger partial charge in [-0.05, 0) is 74.0 Å². The van der Waals surface area contributed by atoms with Crippen molar-refractivity contribution in [2.75, 3.05) is 0 Å². The summed E-state index contributed by atoms with van der Waals surface area (Å²) in [4.78, 5) is 23.8. The lowest BCUT2D eigenvalue weighted by Gasteiger charge is -2.39. The normalized spacial score (nSPS) is 30.5. The molecule has 2 unspecified atom stereocenters. The van der Waals surface area contributed by atoms with Gasteiger partial charge in [-0.3, -0.25) is 0 Å². The minimum Gasteiger partial charge on any atom is -0.479 e. The number of carbonyl (C=O) groups is 2. The lowest BCUT2D eigenvalue weighted by Crippen LogP contribution is -2.48. The van der Waals surface area contributed by atoms with Crippen LogP contribution in [0.25, 0.3) is 0 Å². The van der Waals surface area contributed by atoms with Crippen molar-refractivity contribution in [3.8, 4) is 0 Å². The van der Waals surface area contributed by atoms with Crippen molar-refractivity contribution in [1.82, 2.24) is 0 Å². The van der Waals surface area contributed by atoms with Gasteiger partial charge in [0.1, 0.15) is 0 Å². The Morgan fingerprint density at radius 3 is 1.10 bits per heavy atom. The lowest BCUT2D eigenvalue weighted by atomic mass is 9.72. The van der Waals surface area contributed by atoms with Crippen LogP contribution < -0.4 is 0 Å². The first-order valence-electron chi connectivity index (χ1n) is 11.6. The molecular formula is C24H42O6. The maximum atomic E-state index is 11.9. The zero-order valence-corrected chi connectivity index (χ0v) is 19.6. The number of carboxylic acids is 2. The summed E-state index contributed by atoms with van der Waals surface area (Å²) in [5.74, 6) is -1.37. The van der Waals surface area contributed by atoms with Crippen LogP contribution in [0.2, 0.25) is 0 Å². The Morgan fingerprint density at radius 2 is 0.900 bits per heavy atom. The van der Waals surface area contributed by atoms with E-state index in [0.29, 0.717) is 11.8 Å². The molecule has 2 aliphatic carbocycles. The van der Waals surface area contributed by atoms with Crippen molar-refractivity contribution in [2.45, 2.75) is 117 Å². The Bertz CT molecular complexity index is 519. The van der Waals surface area contributed by atoms with Crippen LogP contribution in [0, 0.1) is 22.7 Å². The molecule has 0 amide bonds. The summed E-state index contributed by atoms with van der Waals surface area (Å²) in [5.41, 5.74) is 0.436. The molecule has 6 nitrogen and oxygen atoms in total. The summed E-state index contributed by atoms with van der Waals surface area (Å²) in [6.45, 7) is 13.3. The molecule has 2 N–H and O–H groups in total. The van der Waals surface area contributed by atoms with E-state index in [9.17, 15) is 19.8 Å². The van der Waals surface area contributed by atoms with Crippen LogP contribution in [-0.2, 0) is 19.1 Å². The molecule has 2 fully saturated rings. The van der Waals surface area contributed by atoms with Gasteiger partial charge in [0.2, 0.25) is 0 Å².